The van der Waals surface area contributed by atoms with E-state index in [1.54, 1.807) is 6.26 Å². The van der Waals surface area contributed by atoms with Crippen LogP contribution in [-0.2, 0) is 13.1 Å². The van der Waals surface area contributed by atoms with E-state index in [1.165, 1.54) is 12.8 Å². The lowest BCUT2D eigenvalue weighted by molar-refractivity contribution is 0.0948. The summed E-state index contributed by atoms with van der Waals surface area (Å²) in [6.07, 6.45) is 4.04. The van der Waals surface area contributed by atoms with Gasteiger partial charge in [0.1, 0.15) is 5.76 Å². The zero-order valence-corrected chi connectivity index (χ0v) is 17.9. The van der Waals surface area contributed by atoms with Gasteiger partial charge in [0.15, 0.2) is 5.96 Å². The molecule has 1 aliphatic heterocycles. The van der Waals surface area contributed by atoms with Crippen molar-refractivity contribution in [2.75, 3.05) is 19.6 Å². The molecule has 2 heterocycles. The summed E-state index contributed by atoms with van der Waals surface area (Å²) in [5.74, 6) is 1.58. The van der Waals surface area contributed by atoms with Crippen molar-refractivity contribution in [3.8, 4) is 0 Å². The molecule has 27 heavy (non-hydrogen) atoms. The van der Waals surface area contributed by atoms with Gasteiger partial charge in [-0.3, -0.25) is 4.79 Å². The number of halogens is 1. The Morgan fingerprint density at radius 1 is 1.19 bits per heavy atom. The molecular formula is C20H27IN4O2. The van der Waals surface area contributed by atoms with E-state index in [-0.39, 0.29) is 29.9 Å². The molecule has 1 amide bonds. The van der Waals surface area contributed by atoms with E-state index in [4.69, 9.17) is 9.41 Å². The Bertz CT molecular complexity index is 740. The molecule has 0 bridgehead atoms. The molecule has 1 aliphatic rings. The zero-order valence-electron chi connectivity index (χ0n) is 15.6. The van der Waals surface area contributed by atoms with Gasteiger partial charge in [0, 0.05) is 25.2 Å². The molecule has 146 valence electrons. The van der Waals surface area contributed by atoms with Crippen molar-refractivity contribution in [1.29, 1.82) is 0 Å². The molecule has 0 unspecified atom stereocenters. The summed E-state index contributed by atoms with van der Waals surface area (Å²) in [7, 11) is 0. The fraction of sp³-hybridized carbons (Fsp3) is 0.400. The summed E-state index contributed by atoms with van der Waals surface area (Å²) in [5.41, 5.74) is 1.65. The number of rotatable bonds is 6. The SMILES string of the molecule is CCNC(=NCc1cccc(C(=O)NCc2ccco2)c1)N1CCCC1.I. The maximum atomic E-state index is 12.3. The standard InChI is InChI=1S/C20H26N4O2.HI/c1-2-21-20(24-10-3-4-11-24)23-14-16-7-5-8-17(13-16)19(25)22-15-18-9-6-12-26-18;/h5-9,12-13H,2-4,10-11,14-15H2,1H3,(H,21,23)(H,22,25);1H. The minimum Gasteiger partial charge on any atom is -0.467 e. The second kappa shape index (κ2) is 11.0. The first-order chi connectivity index (χ1) is 12.8. The summed E-state index contributed by atoms with van der Waals surface area (Å²) in [5, 5.41) is 6.22. The van der Waals surface area contributed by atoms with E-state index < -0.39 is 0 Å². The fourth-order valence-electron chi connectivity index (χ4n) is 3.01. The van der Waals surface area contributed by atoms with Gasteiger partial charge in [0.05, 0.1) is 19.4 Å². The van der Waals surface area contributed by atoms with E-state index in [0.717, 1.165) is 36.9 Å². The predicted molar refractivity (Wildman–Crippen MR) is 117 cm³/mol. The number of benzene rings is 1. The van der Waals surface area contributed by atoms with Gasteiger partial charge in [-0.1, -0.05) is 12.1 Å². The molecule has 2 aromatic rings. The third-order valence-corrected chi connectivity index (χ3v) is 4.34. The van der Waals surface area contributed by atoms with Crippen molar-refractivity contribution in [3.05, 3.63) is 59.5 Å². The van der Waals surface area contributed by atoms with Crippen molar-refractivity contribution in [2.24, 2.45) is 4.99 Å². The van der Waals surface area contributed by atoms with Crippen molar-refractivity contribution in [1.82, 2.24) is 15.5 Å². The number of amides is 1. The lowest BCUT2D eigenvalue weighted by atomic mass is 10.1. The predicted octanol–water partition coefficient (Wildman–Crippen LogP) is 3.39. The summed E-state index contributed by atoms with van der Waals surface area (Å²) in [6, 6.07) is 11.3. The van der Waals surface area contributed by atoms with Crippen LogP contribution in [0.3, 0.4) is 0 Å². The van der Waals surface area contributed by atoms with Crippen LogP contribution in [0.15, 0.2) is 52.1 Å². The molecule has 0 spiro atoms. The van der Waals surface area contributed by atoms with E-state index in [0.29, 0.717) is 18.7 Å². The molecule has 7 heteroatoms. The number of carbonyl (C=O) groups is 1. The van der Waals surface area contributed by atoms with Crippen molar-refractivity contribution < 1.29 is 9.21 Å². The Labute approximate surface area is 177 Å². The van der Waals surface area contributed by atoms with E-state index in [1.807, 2.05) is 36.4 Å². The molecule has 1 aromatic heterocycles. The molecule has 2 N–H and O–H groups in total. The first kappa shape index (κ1) is 21.3. The second-order valence-electron chi connectivity index (χ2n) is 6.33. The Balaban J connectivity index is 0.00000261. The number of hydrogen-bond donors (Lipinski definition) is 2. The van der Waals surface area contributed by atoms with Gasteiger partial charge in [0.25, 0.3) is 5.91 Å². The number of furan rings is 1. The highest BCUT2D eigenvalue weighted by atomic mass is 127. The highest BCUT2D eigenvalue weighted by molar-refractivity contribution is 14.0. The number of hydrogen-bond acceptors (Lipinski definition) is 3. The van der Waals surface area contributed by atoms with Gasteiger partial charge in [0.2, 0.25) is 0 Å². The molecule has 1 aromatic carbocycles. The van der Waals surface area contributed by atoms with Crippen LogP contribution in [-0.4, -0.2) is 36.4 Å². The minimum atomic E-state index is -0.112. The Morgan fingerprint density at radius 3 is 2.70 bits per heavy atom. The third kappa shape index (κ3) is 6.27. The number of aliphatic imine (C=N–C) groups is 1. The van der Waals surface area contributed by atoms with Gasteiger partial charge in [-0.2, -0.15) is 0 Å². The zero-order chi connectivity index (χ0) is 18.2. The molecule has 1 fully saturated rings. The molecule has 0 atom stereocenters. The largest absolute Gasteiger partial charge is 0.467 e. The fourth-order valence-corrected chi connectivity index (χ4v) is 3.01. The van der Waals surface area contributed by atoms with Crippen LogP contribution in [0.4, 0.5) is 0 Å². The van der Waals surface area contributed by atoms with Gasteiger partial charge in [-0.25, -0.2) is 4.99 Å². The Morgan fingerprint density at radius 2 is 2.00 bits per heavy atom. The molecular weight excluding hydrogens is 455 g/mol. The summed E-state index contributed by atoms with van der Waals surface area (Å²) in [4.78, 5) is 19.4. The van der Waals surface area contributed by atoms with Crippen LogP contribution in [0.1, 0.15) is 41.4 Å². The molecule has 6 nitrogen and oxygen atoms in total. The number of carbonyl (C=O) groups excluding carboxylic acids is 1. The van der Waals surface area contributed by atoms with Crippen molar-refractivity contribution in [2.45, 2.75) is 32.9 Å². The highest BCUT2D eigenvalue weighted by Gasteiger charge is 2.15. The van der Waals surface area contributed by atoms with Crippen molar-refractivity contribution in [3.63, 3.8) is 0 Å². The van der Waals surface area contributed by atoms with E-state index >= 15 is 0 Å². The van der Waals surface area contributed by atoms with Crippen LogP contribution in [0.2, 0.25) is 0 Å². The van der Waals surface area contributed by atoms with E-state index in [2.05, 4.69) is 22.5 Å². The van der Waals surface area contributed by atoms with Gasteiger partial charge >= 0.3 is 0 Å². The molecule has 0 saturated carbocycles. The Kier molecular flexibility index (Phi) is 8.63. The average molecular weight is 482 g/mol. The normalized spacial score (nSPS) is 14.0. The van der Waals surface area contributed by atoms with Crippen molar-refractivity contribution >= 4 is 35.8 Å². The van der Waals surface area contributed by atoms with Gasteiger partial charge in [-0.15, -0.1) is 24.0 Å². The smallest absolute Gasteiger partial charge is 0.251 e. The number of nitrogens with zero attached hydrogens (tertiary/aromatic N) is 2. The monoisotopic (exact) mass is 482 g/mol. The lowest BCUT2D eigenvalue weighted by Gasteiger charge is -2.20. The summed E-state index contributed by atoms with van der Waals surface area (Å²) in [6.45, 7) is 5.98. The lowest BCUT2D eigenvalue weighted by Crippen LogP contribution is -2.39. The number of guanidine groups is 1. The summed E-state index contributed by atoms with van der Waals surface area (Å²) < 4.78 is 5.24. The van der Waals surface area contributed by atoms with E-state index in [9.17, 15) is 4.79 Å². The Hall–Kier alpha value is -2.03. The molecule has 0 radical (unpaired) electrons. The van der Waals surface area contributed by atoms with Gasteiger partial charge < -0.3 is 20.0 Å². The van der Waals surface area contributed by atoms with Crippen LogP contribution in [0, 0.1) is 0 Å². The quantitative estimate of drug-likeness (QED) is 0.377. The third-order valence-electron chi connectivity index (χ3n) is 4.34. The molecule has 0 aliphatic carbocycles. The van der Waals surface area contributed by atoms with Crippen LogP contribution < -0.4 is 10.6 Å². The first-order valence-corrected chi connectivity index (χ1v) is 9.19. The maximum Gasteiger partial charge on any atom is 0.251 e. The summed E-state index contributed by atoms with van der Waals surface area (Å²) >= 11 is 0. The highest BCUT2D eigenvalue weighted by Crippen LogP contribution is 2.10. The molecule has 3 rings (SSSR count). The second-order valence-corrected chi connectivity index (χ2v) is 6.33. The number of nitrogens with one attached hydrogen (secondary N) is 2. The minimum absolute atomic E-state index is 0. The van der Waals surface area contributed by atoms with Gasteiger partial charge in [-0.05, 0) is 49.6 Å². The molecule has 1 saturated heterocycles. The van der Waals surface area contributed by atoms with Crippen LogP contribution in [0.5, 0.6) is 0 Å². The topological polar surface area (TPSA) is 69.9 Å². The maximum absolute atomic E-state index is 12.3. The van der Waals surface area contributed by atoms with Crippen LogP contribution in [0.25, 0.3) is 0 Å². The average Bonchev–Trinajstić information content (AvgIpc) is 3.37. The number of likely N-dealkylation sites (tertiary alicyclic amines) is 1. The first-order valence-electron chi connectivity index (χ1n) is 9.19. The van der Waals surface area contributed by atoms with Crippen LogP contribution >= 0.6 is 24.0 Å².